The maximum Gasteiger partial charge on any atom is 0.255 e. The van der Waals surface area contributed by atoms with Gasteiger partial charge in [-0.15, -0.1) is 17.9 Å². The molecule has 0 aliphatic heterocycles. The van der Waals surface area contributed by atoms with E-state index in [2.05, 4.69) is 22.2 Å². The molecule has 0 unspecified atom stereocenters. The third kappa shape index (κ3) is 4.30. The summed E-state index contributed by atoms with van der Waals surface area (Å²) >= 11 is 1.52. The van der Waals surface area contributed by atoms with Crippen LogP contribution in [0.4, 0.5) is 15.2 Å². The quantitative estimate of drug-likeness (QED) is 0.626. The van der Waals surface area contributed by atoms with E-state index >= 15 is 0 Å². The van der Waals surface area contributed by atoms with E-state index in [0.717, 1.165) is 16.4 Å². The van der Waals surface area contributed by atoms with E-state index < -0.39 is 5.82 Å². The number of halogens is 1. The van der Waals surface area contributed by atoms with Crippen molar-refractivity contribution >= 4 is 28.1 Å². The SMILES string of the molecule is C=CCNc1nc(-c2ccc(NC(=O)c3cccc(F)c3)cc2)cs1. The molecule has 2 N–H and O–H groups in total. The molecule has 4 nitrogen and oxygen atoms in total. The lowest BCUT2D eigenvalue weighted by Crippen LogP contribution is -2.11. The molecule has 1 amide bonds. The molecular formula is C19H16FN3OS. The average Bonchev–Trinajstić information content (AvgIpc) is 3.09. The fourth-order valence-electron chi connectivity index (χ4n) is 2.20. The predicted octanol–water partition coefficient (Wildman–Crippen LogP) is 4.80. The highest BCUT2D eigenvalue weighted by Gasteiger charge is 2.08. The van der Waals surface area contributed by atoms with Crippen molar-refractivity contribution in [2.24, 2.45) is 0 Å². The number of nitrogens with one attached hydrogen (secondary N) is 2. The van der Waals surface area contributed by atoms with Gasteiger partial charge >= 0.3 is 0 Å². The summed E-state index contributed by atoms with van der Waals surface area (Å²) in [6, 6.07) is 12.9. The Bertz CT molecular complexity index is 890. The molecule has 3 rings (SSSR count). The molecular weight excluding hydrogens is 337 g/mol. The number of carbonyl (C=O) groups is 1. The molecule has 126 valence electrons. The molecule has 0 bridgehead atoms. The Kier molecular flexibility index (Phi) is 5.20. The Hall–Kier alpha value is -2.99. The Morgan fingerprint density at radius 1 is 1.24 bits per heavy atom. The number of amides is 1. The summed E-state index contributed by atoms with van der Waals surface area (Å²) in [5, 5.41) is 8.69. The maximum atomic E-state index is 13.2. The van der Waals surface area contributed by atoms with Crippen LogP contribution in [-0.2, 0) is 0 Å². The van der Waals surface area contributed by atoms with E-state index in [-0.39, 0.29) is 11.5 Å². The van der Waals surface area contributed by atoms with Crippen LogP contribution >= 0.6 is 11.3 Å². The molecule has 0 spiro atoms. The van der Waals surface area contributed by atoms with Crippen LogP contribution in [-0.4, -0.2) is 17.4 Å². The molecule has 0 radical (unpaired) electrons. The minimum Gasteiger partial charge on any atom is -0.358 e. The zero-order valence-electron chi connectivity index (χ0n) is 13.3. The van der Waals surface area contributed by atoms with Gasteiger partial charge in [-0.1, -0.05) is 24.3 Å². The van der Waals surface area contributed by atoms with Gasteiger partial charge in [0.25, 0.3) is 5.91 Å². The zero-order chi connectivity index (χ0) is 17.6. The number of thiazole rings is 1. The van der Waals surface area contributed by atoms with Crippen molar-refractivity contribution in [2.45, 2.75) is 0 Å². The fourth-order valence-corrected chi connectivity index (χ4v) is 2.93. The summed E-state index contributed by atoms with van der Waals surface area (Å²) in [6.07, 6.45) is 1.77. The molecule has 0 fully saturated rings. The first-order valence-electron chi connectivity index (χ1n) is 7.63. The van der Waals surface area contributed by atoms with Crippen LogP contribution in [0.15, 0.2) is 66.6 Å². The standard InChI is InChI=1S/C19H16FN3OS/c1-2-10-21-19-23-17(12-25-19)13-6-8-16(9-7-13)22-18(24)14-4-3-5-15(20)11-14/h2-9,11-12H,1,10H2,(H,21,23)(H,22,24). The van der Waals surface area contributed by atoms with Gasteiger partial charge in [0.15, 0.2) is 5.13 Å². The predicted molar refractivity (Wildman–Crippen MR) is 101 cm³/mol. The van der Waals surface area contributed by atoms with E-state index in [0.29, 0.717) is 12.2 Å². The lowest BCUT2D eigenvalue weighted by molar-refractivity contribution is 0.102. The van der Waals surface area contributed by atoms with Crippen LogP contribution in [0.3, 0.4) is 0 Å². The topological polar surface area (TPSA) is 54.0 Å². The molecule has 2 aromatic carbocycles. The molecule has 0 aliphatic rings. The van der Waals surface area contributed by atoms with Crippen LogP contribution in [0, 0.1) is 5.82 Å². The highest BCUT2D eigenvalue weighted by Crippen LogP contribution is 2.26. The second-order valence-corrected chi connectivity index (χ2v) is 6.11. The Morgan fingerprint density at radius 3 is 2.76 bits per heavy atom. The number of aromatic nitrogens is 1. The second kappa shape index (κ2) is 7.72. The third-order valence-electron chi connectivity index (χ3n) is 3.43. The van der Waals surface area contributed by atoms with Crippen LogP contribution in [0.5, 0.6) is 0 Å². The zero-order valence-corrected chi connectivity index (χ0v) is 14.1. The molecule has 0 aliphatic carbocycles. The maximum absolute atomic E-state index is 13.2. The van der Waals surface area contributed by atoms with Crippen LogP contribution in [0.25, 0.3) is 11.3 Å². The van der Waals surface area contributed by atoms with Gasteiger partial charge in [0.2, 0.25) is 0 Å². The minimum absolute atomic E-state index is 0.279. The average molecular weight is 353 g/mol. The van der Waals surface area contributed by atoms with Gasteiger partial charge in [0.1, 0.15) is 5.82 Å². The lowest BCUT2D eigenvalue weighted by atomic mass is 10.1. The Morgan fingerprint density at radius 2 is 2.04 bits per heavy atom. The van der Waals surface area contributed by atoms with Gasteiger partial charge in [-0.25, -0.2) is 9.37 Å². The first kappa shape index (κ1) is 16.9. The number of rotatable bonds is 6. The van der Waals surface area contributed by atoms with Crippen molar-refractivity contribution in [3.8, 4) is 11.3 Å². The summed E-state index contributed by atoms with van der Waals surface area (Å²) in [6.45, 7) is 4.32. The highest BCUT2D eigenvalue weighted by atomic mass is 32.1. The van der Waals surface area contributed by atoms with Crippen molar-refractivity contribution in [1.82, 2.24) is 4.98 Å². The Labute approximate surface area is 149 Å². The second-order valence-electron chi connectivity index (χ2n) is 5.25. The number of anilines is 2. The number of hydrogen-bond acceptors (Lipinski definition) is 4. The van der Waals surface area contributed by atoms with Gasteiger partial charge in [-0.05, 0) is 30.3 Å². The van der Waals surface area contributed by atoms with Gasteiger partial charge in [0, 0.05) is 28.7 Å². The van der Waals surface area contributed by atoms with Crippen molar-refractivity contribution in [3.05, 3.63) is 77.9 Å². The highest BCUT2D eigenvalue weighted by molar-refractivity contribution is 7.14. The number of benzene rings is 2. The summed E-state index contributed by atoms with van der Waals surface area (Å²) in [7, 11) is 0. The van der Waals surface area contributed by atoms with Crippen molar-refractivity contribution < 1.29 is 9.18 Å². The van der Waals surface area contributed by atoms with Gasteiger partial charge in [-0.3, -0.25) is 4.79 Å². The smallest absolute Gasteiger partial charge is 0.255 e. The molecule has 1 heterocycles. The molecule has 0 saturated carbocycles. The van der Waals surface area contributed by atoms with E-state index in [1.54, 1.807) is 24.3 Å². The number of carbonyl (C=O) groups excluding carboxylic acids is 1. The summed E-state index contributed by atoms with van der Waals surface area (Å²) in [5.74, 6) is -0.788. The molecule has 1 aromatic heterocycles. The van der Waals surface area contributed by atoms with Crippen LogP contribution < -0.4 is 10.6 Å². The minimum atomic E-state index is -0.438. The van der Waals surface area contributed by atoms with Crippen molar-refractivity contribution in [2.75, 3.05) is 17.2 Å². The van der Waals surface area contributed by atoms with E-state index in [1.165, 1.54) is 29.5 Å². The van der Waals surface area contributed by atoms with Gasteiger partial charge in [-0.2, -0.15) is 0 Å². The summed E-state index contributed by atoms with van der Waals surface area (Å²) in [4.78, 5) is 16.6. The van der Waals surface area contributed by atoms with E-state index in [4.69, 9.17) is 0 Å². The largest absolute Gasteiger partial charge is 0.358 e. The van der Waals surface area contributed by atoms with E-state index in [9.17, 15) is 9.18 Å². The Balaban J connectivity index is 1.68. The molecule has 6 heteroatoms. The van der Waals surface area contributed by atoms with Gasteiger partial charge < -0.3 is 10.6 Å². The fraction of sp³-hybridized carbons (Fsp3) is 0.0526. The van der Waals surface area contributed by atoms with Crippen molar-refractivity contribution in [1.29, 1.82) is 0 Å². The van der Waals surface area contributed by atoms with Crippen LogP contribution in [0.1, 0.15) is 10.4 Å². The molecule has 0 atom stereocenters. The van der Waals surface area contributed by atoms with Gasteiger partial charge in [0.05, 0.1) is 5.69 Å². The number of nitrogens with zero attached hydrogens (tertiary/aromatic N) is 1. The first-order chi connectivity index (χ1) is 12.2. The lowest BCUT2D eigenvalue weighted by Gasteiger charge is -2.06. The van der Waals surface area contributed by atoms with E-state index in [1.807, 2.05) is 17.5 Å². The monoisotopic (exact) mass is 353 g/mol. The summed E-state index contributed by atoms with van der Waals surface area (Å²) < 4.78 is 13.2. The van der Waals surface area contributed by atoms with Crippen molar-refractivity contribution in [3.63, 3.8) is 0 Å². The normalized spacial score (nSPS) is 10.3. The first-order valence-corrected chi connectivity index (χ1v) is 8.51. The summed E-state index contributed by atoms with van der Waals surface area (Å²) in [5.41, 5.74) is 2.73. The number of hydrogen-bond donors (Lipinski definition) is 2. The van der Waals surface area contributed by atoms with Crippen LogP contribution in [0.2, 0.25) is 0 Å². The molecule has 25 heavy (non-hydrogen) atoms. The third-order valence-corrected chi connectivity index (χ3v) is 4.23. The molecule has 0 saturated heterocycles. The molecule has 3 aromatic rings.